The molecule has 3 aromatic heterocycles. The molecule has 4 aromatic rings. The summed E-state index contributed by atoms with van der Waals surface area (Å²) in [5.74, 6) is 2.73. The van der Waals surface area contributed by atoms with Crippen LogP contribution in [0.1, 0.15) is 30.9 Å². The van der Waals surface area contributed by atoms with Crippen molar-refractivity contribution < 1.29 is 14.2 Å². The zero-order valence-corrected chi connectivity index (χ0v) is 19.8. The molecule has 0 atom stereocenters. The lowest BCUT2D eigenvalue weighted by Crippen LogP contribution is -2.10. The summed E-state index contributed by atoms with van der Waals surface area (Å²) in [5.41, 5.74) is 4.24. The molecule has 33 heavy (non-hydrogen) atoms. The molecule has 3 heterocycles. The molecule has 0 spiro atoms. The normalized spacial score (nSPS) is 11.5. The van der Waals surface area contributed by atoms with Crippen LogP contribution in [0, 0.1) is 5.92 Å². The number of pyridine rings is 1. The lowest BCUT2D eigenvalue weighted by Gasteiger charge is -2.12. The Morgan fingerprint density at radius 3 is 2.42 bits per heavy atom. The number of nitrogens with zero attached hydrogens (tertiary/aromatic N) is 5. The summed E-state index contributed by atoms with van der Waals surface area (Å²) in [7, 11) is 4.98. The molecule has 0 unspecified atom stereocenters. The van der Waals surface area contributed by atoms with Crippen molar-refractivity contribution >= 4 is 22.2 Å². The lowest BCUT2D eigenvalue weighted by molar-refractivity contribution is 0.211. The number of fused-ring (bicyclic) bond motifs is 3. The smallest absolute Gasteiger partial charge is 0.204 e. The molecule has 0 bridgehead atoms. The standard InChI is InChI=1S/C24H30N6O3/c1-15(2)8-22-27-28-24-23-20(12-17(14-26-23)25-6-7-31-3)21(29-30(22)24)11-16-9-18(32-4)13-19(10-16)33-5/h9-10,12-15,25H,6-8,11H2,1-5H3. The number of rotatable bonds is 10. The van der Waals surface area contributed by atoms with Gasteiger partial charge in [0.25, 0.3) is 0 Å². The zero-order valence-electron chi connectivity index (χ0n) is 19.8. The van der Waals surface area contributed by atoms with E-state index < -0.39 is 0 Å². The fourth-order valence-corrected chi connectivity index (χ4v) is 3.78. The van der Waals surface area contributed by atoms with Crippen molar-refractivity contribution in [3.05, 3.63) is 47.5 Å². The third kappa shape index (κ3) is 4.98. The summed E-state index contributed by atoms with van der Waals surface area (Å²) in [6.45, 7) is 5.60. The van der Waals surface area contributed by atoms with Crippen LogP contribution in [0.25, 0.3) is 16.6 Å². The van der Waals surface area contributed by atoms with E-state index in [1.165, 1.54) is 0 Å². The van der Waals surface area contributed by atoms with E-state index in [1.807, 2.05) is 28.9 Å². The minimum atomic E-state index is 0.432. The molecule has 1 N–H and O–H groups in total. The first-order valence-electron chi connectivity index (χ1n) is 11.0. The second-order valence-corrected chi connectivity index (χ2v) is 8.33. The molecule has 0 amide bonds. The van der Waals surface area contributed by atoms with E-state index in [1.54, 1.807) is 21.3 Å². The van der Waals surface area contributed by atoms with Crippen molar-refractivity contribution in [2.45, 2.75) is 26.7 Å². The van der Waals surface area contributed by atoms with Crippen molar-refractivity contribution in [1.82, 2.24) is 24.8 Å². The minimum Gasteiger partial charge on any atom is -0.497 e. The lowest BCUT2D eigenvalue weighted by atomic mass is 10.1. The Morgan fingerprint density at radius 1 is 1.00 bits per heavy atom. The van der Waals surface area contributed by atoms with E-state index in [9.17, 15) is 0 Å². The molecular weight excluding hydrogens is 420 g/mol. The molecule has 4 rings (SSSR count). The van der Waals surface area contributed by atoms with Gasteiger partial charge in [-0.3, -0.25) is 0 Å². The third-order valence-electron chi connectivity index (χ3n) is 5.35. The third-order valence-corrected chi connectivity index (χ3v) is 5.35. The van der Waals surface area contributed by atoms with Crippen LogP contribution < -0.4 is 14.8 Å². The molecule has 9 heteroatoms. The largest absolute Gasteiger partial charge is 0.497 e. The van der Waals surface area contributed by atoms with Crippen LogP contribution in [0.15, 0.2) is 30.5 Å². The van der Waals surface area contributed by atoms with Gasteiger partial charge in [-0.2, -0.15) is 9.61 Å². The van der Waals surface area contributed by atoms with E-state index in [2.05, 4.69) is 35.4 Å². The summed E-state index contributed by atoms with van der Waals surface area (Å²) < 4.78 is 17.9. The summed E-state index contributed by atoms with van der Waals surface area (Å²) in [6, 6.07) is 7.91. The van der Waals surface area contributed by atoms with Crippen LogP contribution in [0.2, 0.25) is 0 Å². The van der Waals surface area contributed by atoms with Crippen molar-refractivity contribution in [2.75, 3.05) is 39.8 Å². The van der Waals surface area contributed by atoms with Crippen LogP contribution >= 0.6 is 0 Å². The molecule has 0 aliphatic heterocycles. The van der Waals surface area contributed by atoms with E-state index in [-0.39, 0.29) is 0 Å². The van der Waals surface area contributed by atoms with E-state index in [0.29, 0.717) is 31.1 Å². The number of benzene rings is 1. The molecule has 0 radical (unpaired) electrons. The van der Waals surface area contributed by atoms with E-state index in [0.717, 1.165) is 51.6 Å². The molecule has 0 saturated heterocycles. The molecule has 1 aromatic carbocycles. The van der Waals surface area contributed by atoms with Crippen LogP contribution in [0.4, 0.5) is 5.69 Å². The highest BCUT2D eigenvalue weighted by Crippen LogP contribution is 2.28. The Bertz CT molecular complexity index is 1230. The average molecular weight is 451 g/mol. The van der Waals surface area contributed by atoms with Crippen LogP contribution in [0.3, 0.4) is 0 Å². The number of hydrogen-bond acceptors (Lipinski definition) is 8. The Labute approximate surface area is 193 Å². The number of ether oxygens (including phenoxy) is 3. The zero-order chi connectivity index (χ0) is 23.4. The van der Waals surface area contributed by atoms with Gasteiger partial charge < -0.3 is 19.5 Å². The van der Waals surface area contributed by atoms with Gasteiger partial charge in [0.05, 0.1) is 38.4 Å². The van der Waals surface area contributed by atoms with Gasteiger partial charge in [-0.25, -0.2) is 4.98 Å². The van der Waals surface area contributed by atoms with Gasteiger partial charge in [0.2, 0.25) is 5.65 Å². The average Bonchev–Trinajstić information content (AvgIpc) is 3.20. The fourth-order valence-electron chi connectivity index (χ4n) is 3.78. The maximum Gasteiger partial charge on any atom is 0.204 e. The molecular formula is C24H30N6O3. The first-order valence-corrected chi connectivity index (χ1v) is 11.0. The van der Waals surface area contributed by atoms with E-state index >= 15 is 0 Å². The number of hydrogen-bond donors (Lipinski definition) is 1. The SMILES string of the molecule is COCCNc1cnc2c(c1)c(Cc1cc(OC)cc(OC)c1)nn1c(CC(C)C)nnc21. The summed E-state index contributed by atoms with van der Waals surface area (Å²) >= 11 is 0. The monoisotopic (exact) mass is 450 g/mol. The maximum absolute atomic E-state index is 5.46. The predicted molar refractivity (Wildman–Crippen MR) is 127 cm³/mol. The second kappa shape index (κ2) is 9.99. The van der Waals surface area contributed by atoms with Crippen molar-refractivity contribution in [1.29, 1.82) is 0 Å². The number of aromatic nitrogens is 5. The highest BCUT2D eigenvalue weighted by atomic mass is 16.5. The predicted octanol–water partition coefficient (Wildman–Crippen LogP) is 3.54. The van der Waals surface area contributed by atoms with Gasteiger partial charge in [0.15, 0.2) is 5.82 Å². The maximum atomic E-state index is 5.46. The Hall–Kier alpha value is -3.46. The van der Waals surface area contributed by atoms with Gasteiger partial charge in [-0.05, 0) is 29.7 Å². The van der Waals surface area contributed by atoms with Crippen LogP contribution in [-0.4, -0.2) is 59.3 Å². The first kappa shape index (κ1) is 22.7. The molecule has 0 aliphatic carbocycles. The fraction of sp³-hybridized carbons (Fsp3) is 0.417. The molecule has 9 nitrogen and oxygen atoms in total. The van der Waals surface area contributed by atoms with E-state index in [4.69, 9.17) is 24.3 Å². The summed E-state index contributed by atoms with van der Waals surface area (Å²) in [4.78, 5) is 4.73. The van der Waals surface area contributed by atoms with Crippen molar-refractivity contribution in [3.8, 4) is 11.5 Å². The van der Waals surface area contributed by atoms with Crippen molar-refractivity contribution in [3.63, 3.8) is 0 Å². The molecule has 0 saturated carbocycles. The molecule has 0 aliphatic rings. The Kier molecular flexibility index (Phi) is 6.88. The quantitative estimate of drug-likeness (QED) is 0.367. The summed E-state index contributed by atoms with van der Waals surface area (Å²) in [6.07, 6.45) is 3.17. The van der Waals surface area contributed by atoms with Gasteiger partial charge in [-0.15, -0.1) is 10.2 Å². The van der Waals surface area contributed by atoms with Gasteiger partial charge >= 0.3 is 0 Å². The highest BCUT2D eigenvalue weighted by molar-refractivity contribution is 5.93. The Balaban J connectivity index is 1.85. The highest BCUT2D eigenvalue weighted by Gasteiger charge is 2.17. The summed E-state index contributed by atoms with van der Waals surface area (Å²) in [5, 5.41) is 18.1. The first-order chi connectivity index (χ1) is 16.0. The van der Waals surface area contributed by atoms with Crippen LogP contribution in [0.5, 0.6) is 11.5 Å². The van der Waals surface area contributed by atoms with Gasteiger partial charge in [0, 0.05) is 37.9 Å². The van der Waals surface area contributed by atoms with Crippen molar-refractivity contribution in [2.24, 2.45) is 5.92 Å². The molecule has 0 fully saturated rings. The number of nitrogens with one attached hydrogen (secondary N) is 1. The molecule has 174 valence electrons. The van der Waals surface area contributed by atoms with Crippen LogP contribution in [-0.2, 0) is 17.6 Å². The van der Waals surface area contributed by atoms with Gasteiger partial charge in [-0.1, -0.05) is 13.8 Å². The Morgan fingerprint density at radius 2 is 1.76 bits per heavy atom. The minimum absolute atomic E-state index is 0.432. The number of methoxy groups -OCH3 is 3. The second-order valence-electron chi connectivity index (χ2n) is 8.33. The number of anilines is 1. The topological polar surface area (TPSA) is 95.7 Å². The van der Waals surface area contributed by atoms with Gasteiger partial charge in [0.1, 0.15) is 17.0 Å².